The zero-order chi connectivity index (χ0) is 17.5. The van der Waals surface area contributed by atoms with Gasteiger partial charge in [0.1, 0.15) is 18.1 Å². The summed E-state index contributed by atoms with van der Waals surface area (Å²) in [5.74, 6) is 1.72. The number of rotatable bonds is 6. The molecule has 0 unspecified atom stereocenters. The molecule has 0 amide bonds. The molecule has 0 fully saturated rings. The fraction of sp³-hybridized carbons (Fsp3) is 0.381. The molecular weight excluding hydrogens is 314 g/mol. The number of aryl methyl sites for hydroxylation is 1. The minimum absolute atomic E-state index is 0.556. The van der Waals surface area contributed by atoms with Crippen LogP contribution in [0.25, 0.3) is 0 Å². The molecule has 4 heteroatoms. The van der Waals surface area contributed by atoms with Gasteiger partial charge >= 0.3 is 0 Å². The van der Waals surface area contributed by atoms with Gasteiger partial charge in [-0.15, -0.1) is 0 Å². The van der Waals surface area contributed by atoms with Crippen molar-refractivity contribution in [2.45, 2.75) is 25.7 Å². The first kappa shape index (κ1) is 17.5. The van der Waals surface area contributed by atoms with Crippen LogP contribution in [0.3, 0.4) is 0 Å². The summed E-state index contributed by atoms with van der Waals surface area (Å²) in [6.07, 6.45) is 4.43. The highest BCUT2D eigenvalue weighted by molar-refractivity contribution is 6.03. The number of benzene rings is 2. The van der Waals surface area contributed by atoms with Crippen molar-refractivity contribution < 1.29 is 14.2 Å². The zero-order valence-electron chi connectivity index (χ0n) is 15.0. The van der Waals surface area contributed by atoms with Crippen LogP contribution in [0.2, 0.25) is 0 Å². The monoisotopic (exact) mass is 339 g/mol. The molecule has 1 aliphatic carbocycles. The number of ether oxygens (including phenoxy) is 3. The lowest BCUT2D eigenvalue weighted by atomic mass is 10.0. The van der Waals surface area contributed by atoms with Crippen molar-refractivity contribution in [3.63, 3.8) is 0 Å². The lowest BCUT2D eigenvalue weighted by molar-refractivity contribution is 0.146. The Morgan fingerprint density at radius 3 is 2.40 bits per heavy atom. The third-order valence-corrected chi connectivity index (χ3v) is 4.39. The summed E-state index contributed by atoms with van der Waals surface area (Å²) in [7, 11) is 3.35. The van der Waals surface area contributed by atoms with Gasteiger partial charge in [-0.2, -0.15) is 0 Å². The van der Waals surface area contributed by atoms with Crippen LogP contribution in [0.1, 0.15) is 30.4 Å². The Hall–Kier alpha value is -2.33. The molecule has 3 rings (SSSR count). The molecule has 0 atom stereocenters. The third kappa shape index (κ3) is 4.60. The summed E-state index contributed by atoms with van der Waals surface area (Å²) in [5, 5.41) is 0. The summed E-state index contributed by atoms with van der Waals surface area (Å²) >= 11 is 0. The Bertz CT molecular complexity index is 722. The maximum Gasteiger partial charge on any atom is 0.120 e. The molecule has 0 saturated heterocycles. The molecule has 0 bridgehead atoms. The Kier molecular flexibility index (Phi) is 6.07. The highest BCUT2D eigenvalue weighted by Gasteiger charge is 2.15. The summed E-state index contributed by atoms with van der Waals surface area (Å²) in [6.45, 7) is 1.14. The molecule has 0 radical (unpaired) electrons. The molecule has 1 aliphatic rings. The Morgan fingerprint density at radius 1 is 0.880 bits per heavy atom. The molecule has 0 heterocycles. The van der Waals surface area contributed by atoms with E-state index in [0.29, 0.717) is 13.2 Å². The van der Waals surface area contributed by atoms with Crippen molar-refractivity contribution in [1.82, 2.24) is 0 Å². The Labute approximate surface area is 149 Å². The Morgan fingerprint density at radius 2 is 1.64 bits per heavy atom. The summed E-state index contributed by atoms with van der Waals surface area (Å²) in [6, 6.07) is 14.2. The molecule has 0 aromatic heterocycles. The van der Waals surface area contributed by atoms with Crippen LogP contribution in [-0.2, 0) is 11.2 Å². The quantitative estimate of drug-likeness (QED) is 0.572. The van der Waals surface area contributed by atoms with Crippen LogP contribution in [0.15, 0.2) is 47.5 Å². The third-order valence-electron chi connectivity index (χ3n) is 4.39. The fourth-order valence-corrected chi connectivity index (χ4v) is 3.05. The van der Waals surface area contributed by atoms with Gasteiger partial charge in [0.15, 0.2) is 0 Å². The molecule has 2 aromatic rings. The second kappa shape index (κ2) is 8.67. The van der Waals surface area contributed by atoms with E-state index in [1.807, 2.05) is 30.3 Å². The van der Waals surface area contributed by atoms with E-state index in [2.05, 4.69) is 12.1 Å². The van der Waals surface area contributed by atoms with Crippen molar-refractivity contribution in [3.8, 4) is 11.5 Å². The molecule has 0 N–H and O–H groups in total. The van der Waals surface area contributed by atoms with Crippen LogP contribution < -0.4 is 9.47 Å². The first-order valence-corrected chi connectivity index (χ1v) is 8.77. The maximum absolute atomic E-state index is 5.79. The minimum atomic E-state index is 0.556. The lowest BCUT2D eigenvalue weighted by Gasteiger charge is -2.12. The van der Waals surface area contributed by atoms with Crippen LogP contribution >= 0.6 is 0 Å². The Balaban J connectivity index is 1.89. The summed E-state index contributed by atoms with van der Waals surface area (Å²) in [5.41, 5.74) is 4.65. The average molecular weight is 339 g/mol. The van der Waals surface area contributed by atoms with Gasteiger partial charge in [-0.25, -0.2) is 0 Å². The SMILES string of the molecule is COCCOc1ccc2c(c1)/C(=N/c1ccc(OC)cc1)CCCC2. The van der Waals surface area contributed by atoms with E-state index in [9.17, 15) is 0 Å². The van der Waals surface area contributed by atoms with E-state index in [1.54, 1.807) is 14.2 Å². The van der Waals surface area contributed by atoms with Crippen LogP contribution in [0.4, 0.5) is 5.69 Å². The molecule has 25 heavy (non-hydrogen) atoms. The van der Waals surface area contributed by atoms with Crippen molar-refractivity contribution in [2.75, 3.05) is 27.4 Å². The van der Waals surface area contributed by atoms with E-state index < -0.39 is 0 Å². The van der Waals surface area contributed by atoms with Gasteiger partial charge in [0, 0.05) is 18.4 Å². The number of nitrogens with zero attached hydrogens (tertiary/aromatic N) is 1. The van der Waals surface area contributed by atoms with Crippen molar-refractivity contribution in [3.05, 3.63) is 53.6 Å². The topological polar surface area (TPSA) is 40.0 Å². The van der Waals surface area contributed by atoms with Gasteiger partial charge in [0.2, 0.25) is 0 Å². The van der Waals surface area contributed by atoms with Crippen molar-refractivity contribution >= 4 is 11.4 Å². The molecule has 0 aliphatic heterocycles. The molecular formula is C21H25NO3. The number of methoxy groups -OCH3 is 2. The van der Waals surface area contributed by atoms with E-state index in [1.165, 1.54) is 17.5 Å². The lowest BCUT2D eigenvalue weighted by Crippen LogP contribution is -2.06. The largest absolute Gasteiger partial charge is 0.497 e. The molecule has 0 spiro atoms. The number of fused-ring (bicyclic) bond motifs is 1. The summed E-state index contributed by atoms with van der Waals surface area (Å²) in [4.78, 5) is 4.91. The van der Waals surface area contributed by atoms with Crippen LogP contribution in [-0.4, -0.2) is 33.1 Å². The first-order chi connectivity index (χ1) is 12.3. The normalized spacial score (nSPS) is 15.5. The van der Waals surface area contributed by atoms with Crippen LogP contribution in [0.5, 0.6) is 11.5 Å². The van der Waals surface area contributed by atoms with Gasteiger partial charge in [-0.1, -0.05) is 6.07 Å². The van der Waals surface area contributed by atoms with Crippen molar-refractivity contribution in [1.29, 1.82) is 0 Å². The average Bonchev–Trinajstić information content (AvgIpc) is 2.85. The van der Waals surface area contributed by atoms with E-state index in [0.717, 1.165) is 42.2 Å². The maximum atomic E-state index is 5.79. The minimum Gasteiger partial charge on any atom is -0.497 e. The zero-order valence-corrected chi connectivity index (χ0v) is 15.0. The van der Waals surface area contributed by atoms with E-state index in [4.69, 9.17) is 19.2 Å². The second-order valence-corrected chi connectivity index (χ2v) is 6.12. The predicted molar refractivity (Wildman–Crippen MR) is 101 cm³/mol. The van der Waals surface area contributed by atoms with Gasteiger partial charge in [0.25, 0.3) is 0 Å². The predicted octanol–water partition coefficient (Wildman–Crippen LogP) is 4.57. The standard InChI is InChI=1S/C21H25NO3/c1-23-13-14-25-19-10-7-16-5-3-4-6-21(20(16)15-19)22-17-8-11-18(24-2)12-9-17/h7-12,15H,3-6,13-14H2,1-2H3/b22-21+. The van der Waals surface area contributed by atoms with Gasteiger partial charge in [-0.05, 0) is 67.6 Å². The smallest absolute Gasteiger partial charge is 0.120 e. The number of aliphatic imine (C=N–C) groups is 1. The number of hydrogen-bond donors (Lipinski definition) is 0. The first-order valence-electron chi connectivity index (χ1n) is 8.77. The summed E-state index contributed by atoms with van der Waals surface area (Å²) < 4.78 is 16.1. The van der Waals surface area contributed by atoms with Gasteiger partial charge in [-0.3, -0.25) is 4.99 Å². The highest BCUT2D eigenvalue weighted by Crippen LogP contribution is 2.28. The molecule has 132 valence electrons. The van der Waals surface area contributed by atoms with Gasteiger partial charge < -0.3 is 14.2 Å². The van der Waals surface area contributed by atoms with Crippen molar-refractivity contribution in [2.24, 2.45) is 4.99 Å². The molecule has 4 nitrogen and oxygen atoms in total. The van der Waals surface area contributed by atoms with Crippen LogP contribution in [0, 0.1) is 0 Å². The fourth-order valence-electron chi connectivity index (χ4n) is 3.05. The van der Waals surface area contributed by atoms with Gasteiger partial charge in [0.05, 0.1) is 19.4 Å². The van der Waals surface area contributed by atoms with E-state index in [-0.39, 0.29) is 0 Å². The second-order valence-electron chi connectivity index (χ2n) is 6.12. The highest BCUT2D eigenvalue weighted by atomic mass is 16.5. The number of hydrogen-bond acceptors (Lipinski definition) is 4. The van der Waals surface area contributed by atoms with E-state index >= 15 is 0 Å². The molecule has 2 aromatic carbocycles. The molecule has 0 saturated carbocycles.